The van der Waals surface area contributed by atoms with Gasteiger partial charge in [-0.2, -0.15) is 0 Å². The first kappa shape index (κ1) is 23.9. The summed E-state index contributed by atoms with van der Waals surface area (Å²) in [4.78, 5) is 32.3. The number of aromatic nitrogens is 3. The van der Waals surface area contributed by atoms with Crippen molar-refractivity contribution in [2.45, 2.75) is 42.3 Å². The maximum Gasteiger partial charge on any atom is 0.254 e. The number of rotatable bonds is 6. The van der Waals surface area contributed by atoms with Gasteiger partial charge in [0.05, 0.1) is 29.5 Å². The Morgan fingerprint density at radius 1 is 1.14 bits per heavy atom. The maximum absolute atomic E-state index is 13.2. The molecule has 3 aliphatic rings. The third-order valence-electron chi connectivity index (χ3n) is 7.32. The quantitative estimate of drug-likeness (QED) is 0.470. The summed E-state index contributed by atoms with van der Waals surface area (Å²) in [5, 5.41) is 7.99. The number of anilines is 2. The predicted octanol–water partition coefficient (Wildman–Crippen LogP) is 3.41. The normalized spacial score (nSPS) is 24.6. The molecule has 3 atom stereocenters. The number of nitrogens with zero attached hydrogens (tertiary/aromatic N) is 5. The third kappa shape index (κ3) is 5.15. The Kier molecular flexibility index (Phi) is 6.96. The van der Waals surface area contributed by atoms with Gasteiger partial charge in [0.15, 0.2) is 5.13 Å². The number of amides is 1. The van der Waals surface area contributed by atoms with E-state index in [0.717, 1.165) is 77.9 Å². The van der Waals surface area contributed by atoms with Crippen molar-refractivity contribution in [2.24, 2.45) is 0 Å². The number of carbonyl (C=O) groups excluding carboxylic acids is 1. The summed E-state index contributed by atoms with van der Waals surface area (Å²) in [6.45, 7) is 4.89. The highest BCUT2D eigenvalue weighted by atomic mass is 32.2. The molecule has 9 nitrogen and oxygen atoms in total. The summed E-state index contributed by atoms with van der Waals surface area (Å²) in [5.74, 6) is 0.788. The van der Waals surface area contributed by atoms with E-state index in [0.29, 0.717) is 30.7 Å². The molecule has 2 N–H and O–H groups in total. The van der Waals surface area contributed by atoms with Gasteiger partial charge in [-0.3, -0.25) is 9.69 Å². The Hall–Kier alpha value is -2.47. The van der Waals surface area contributed by atoms with Crippen molar-refractivity contribution in [2.75, 3.05) is 56.3 Å². The second-order valence-electron chi connectivity index (χ2n) is 9.66. The first-order valence-electron chi connectivity index (χ1n) is 12.6. The molecule has 2 aromatic heterocycles. The van der Waals surface area contributed by atoms with E-state index in [9.17, 15) is 4.79 Å². The number of nitrogens with one attached hydrogen (secondary N) is 2. The van der Waals surface area contributed by atoms with Crippen LogP contribution in [0.1, 0.15) is 29.6 Å². The van der Waals surface area contributed by atoms with Crippen LogP contribution in [0.25, 0.3) is 10.2 Å². The molecule has 1 aliphatic carbocycles. The molecule has 11 heteroatoms. The molecule has 6 rings (SSSR count). The Morgan fingerprint density at radius 2 is 1.97 bits per heavy atom. The summed E-state index contributed by atoms with van der Waals surface area (Å²) in [6.07, 6.45) is 8.85. The molecule has 0 unspecified atom stereocenters. The topological polar surface area (TPSA) is 95.5 Å². The van der Waals surface area contributed by atoms with E-state index in [1.165, 1.54) is 0 Å². The van der Waals surface area contributed by atoms with Crippen molar-refractivity contribution >= 4 is 50.3 Å². The second-order valence-corrected chi connectivity index (χ2v) is 11.6. The van der Waals surface area contributed by atoms with Crippen LogP contribution in [0.4, 0.5) is 11.1 Å². The van der Waals surface area contributed by atoms with Gasteiger partial charge in [-0.25, -0.2) is 15.0 Å². The number of morpholine rings is 1. The number of thiazole rings is 1. The van der Waals surface area contributed by atoms with E-state index >= 15 is 0 Å². The molecule has 190 valence electrons. The number of piperazine rings is 1. The fourth-order valence-electron chi connectivity index (χ4n) is 5.33. The average molecular weight is 526 g/mol. The molecule has 1 amide bonds. The van der Waals surface area contributed by atoms with Crippen molar-refractivity contribution in [1.82, 2.24) is 24.8 Å². The molecule has 4 heterocycles. The Morgan fingerprint density at radius 3 is 2.81 bits per heavy atom. The lowest BCUT2D eigenvalue weighted by Gasteiger charge is -2.43. The lowest BCUT2D eigenvalue weighted by atomic mass is 10.1. The molecule has 0 spiro atoms. The van der Waals surface area contributed by atoms with Crippen LogP contribution in [0, 0.1) is 0 Å². The van der Waals surface area contributed by atoms with E-state index in [1.54, 1.807) is 23.1 Å². The van der Waals surface area contributed by atoms with Gasteiger partial charge >= 0.3 is 0 Å². The van der Waals surface area contributed by atoms with Gasteiger partial charge in [0.2, 0.25) is 5.95 Å². The van der Waals surface area contributed by atoms with E-state index in [2.05, 4.69) is 25.5 Å². The minimum absolute atomic E-state index is 0.0996. The van der Waals surface area contributed by atoms with Gasteiger partial charge in [0.25, 0.3) is 5.91 Å². The molecule has 3 fully saturated rings. The SMILES string of the molecule is CSc1cnc(N[C@H]2CC[C@H](Nc3nc4ccc(C(=O)N5CCN6CCOC[C@H]6C5)cc4s3)C2)nc1. The zero-order valence-corrected chi connectivity index (χ0v) is 22.0. The van der Waals surface area contributed by atoms with Crippen molar-refractivity contribution in [3.05, 3.63) is 36.2 Å². The number of hydrogen-bond donors (Lipinski definition) is 2. The maximum atomic E-state index is 13.2. The van der Waals surface area contributed by atoms with Crippen LogP contribution in [-0.4, -0.2) is 94.4 Å². The Bertz CT molecular complexity index is 1220. The molecule has 0 radical (unpaired) electrons. The molecule has 2 saturated heterocycles. The number of benzene rings is 1. The number of fused-ring (bicyclic) bond motifs is 2. The molecule has 36 heavy (non-hydrogen) atoms. The highest BCUT2D eigenvalue weighted by Gasteiger charge is 2.32. The highest BCUT2D eigenvalue weighted by molar-refractivity contribution is 7.98. The molecule has 2 aliphatic heterocycles. The largest absolute Gasteiger partial charge is 0.378 e. The van der Waals surface area contributed by atoms with E-state index in [-0.39, 0.29) is 5.91 Å². The van der Waals surface area contributed by atoms with E-state index in [4.69, 9.17) is 9.72 Å². The lowest BCUT2D eigenvalue weighted by molar-refractivity contribution is -0.0394. The minimum atomic E-state index is 0.0996. The van der Waals surface area contributed by atoms with Crippen molar-refractivity contribution in [3.63, 3.8) is 0 Å². The fourth-order valence-corrected chi connectivity index (χ4v) is 6.63. The van der Waals surface area contributed by atoms with E-state index in [1.807, 2.05) is 41.7 Å². The van der Waals surface area contributed by atoms with Crippen LogP contribution < -0.4 is 10.6 Å². The zero-order chi connectivity index (χ0) is 24.5. The van der Waals surface area contributed by atoms with Gasteiger partial charge in [0, 0.05) is 61.1 Å². The summed E-state index contributed by atoms with van der Waals surface area (Å²) in [6, 6.07) is 6.89. The Labute approximate surface area is 219 Å². The summed E-state index contributed by atoms with van der Waals surface area (Å²) < 4.78 is 6.67. The van der Waals surface area contributed by atoms with Crippen LogP contribution >= 0.6 is 23.1 Å². The minimum Gasteiger partial charge on any atom is -0.378 e. The second kappa shape index (κ2) is 10.5. The third-order valence-corrected chi connectivity index (χ3v) is 8.95. The molecular formula is C25H31N7O2S2. The van der Waals surface area contributed by atoms with Gasteiger partial charge in [-0.05, 0) is 43.7 Å². The van der Waals surface area contributed by atoms with Crippen LogP contribution in [-0.2, 0) is 4.74 Å². The summed E-state index contributed by atoms with van der Waals surface area (Å²) >= 11 is 3.26. The van der Waals surface area contributed by atoms with Gasteiger partial charge in [-0.15, -0.1) is 11.8 Å². The Balaban J connectivity index is 1.07. The monoisotopic (exact) mass is 525 g/mol. The number of ether oxygens (including phenoxy) is 1. The van der Waals surface area contributed by atoms with Gasteiger partial charge in [-0.1, -0.05) is 11.3 Å². The zero-order valence-electron chi connectivity index (χ0n) is 20.4. The first-order valence-corrected chi connectivity index (χ1v) is 14.6. The standard InChI is InChI=1S/C25H31N7O2S2/c1-35-20-12-26-24(27-13-20)28-17-3-4-18(11-17)29-25-30-21-5-2-16(10-22(21)36-25)23(33)32-7-6-31-8-9-34-15-19(31)14-32/h2,5,10,12-13,17-19H,3-4,6-9,11,14-15H2,1H3,(H,29,30)(H,26,27,28)/t17-,18-,19+/m0/s1. The number of thioether (sulfide) groups is 1. The van der Waals surface area contributed by atoms with E-state index < -0.39 is 0 Å². The molecule has 1 saturated carbocycles. The van der Waals surface area contributed by atoms with Gasteiger partial charge < -0.3 is 20.3 Å². The number of hydrogen-bond acceptors (Lipinski definition) is 10. The smallest absolute Gasteiger partial charge is 0.254 e. The van der Waals surface area contributed by atoms with Crippen LogP contribution in [0.15, 0.2) is 35.5 Å². The molecule has 3 aromatic rings. The predicted molar refractivity (Wildman–Crippen MR) is 144 cm³/mol. The lowest BCUT2D eigenvalue weighted by Crippen LogP contribution is -2.59. The number of carbonyl (C=O) groups is 1. The van der Waals surface area contributed by atoms with Crippen LogP contribution in [0.5, 0.6) is 0 Å². The highest BCUT2D eigenvalue weighted by Crippen LogP contribution is 2.31. The summed E-state index contributed by atoms with van der Waals surface area (Å²) in [5.41, 5.74) is 1.67. The van der Waals surface area contributed by atoms with Crippen molar-refractivity contribution in [1.29, 1.82) is 0 Å². The van der Waals surface area contributed by atoms with Crippen LogP contribution in [0.2, 0.25) is 0 Å². The molecular weight excluding hydrogens is 494 g/mol. The first-order chi connectivity index (χ1) is 17.6. The fraction of sp³-hybridized carbons (Fsp3) is 0.520. The van der Waals surface area contributed by atoms with Crippen molar-refractivity contribution < 1.29 is 9.53 Å². The van der Waals surface area contributed by atoms with Crippen molar-refractivity contribution in [3.8, 4) is 0 Å². The summed E-state index contributed by atoms with van der Waals surface area (Å²) in [7, 11) is 0. The van der Waals surface area contributed by atoms with Crippen LogP contribution in [0.3, 0.4) is 0 Å². The molecule has 0 bridgehead atoms. The molecule has 1 aromatic carbocycles. The van der Waals surface area contributed by atoms with Gasteiger partial charge in [0.1, 0.15) is 0 Å². The average Bonchev–Trinajstić information content (AvgIpc) is 3.54.